The van der Waals surface area contributed by atoms with Crippen LogP contribution in [-0.2, 0) is 6.61 Å². The van der Waals surface area contributed by atoms with E-state index in [1.54, 1.807) is 9.58 Å². The highest BCUT2D eigenvalue weighted by Gasteiger charge is 2.32. The zero-order valence-corrected chi connectivity index (χ0v) is 14.2. The summed E-state index contributed by atoms with van der Waals surface area (Å²) in [6, 6.07) is 19.1. The molecule has 0 bridgehead atoms. The van der Waals surface area contributed by atoms with Crippen molar-refractivity contribution in [2.45, 2.75) is 12.6 Å². The second-order valence-corrected chi connectivity index (χ2v) is 6.15. The average Bonchev–Trinajstić information content (AvgIpc) is 3.09. The number of urea groups is 1. The molecule has 26 heavy (non-hydrogen) atoms. The number of benzene rings is 2. The molecule has 3 aromatic rings. The lowest BCUT2D eigenvalue weighted by molar-refractivity contribution is 0.127. The predicted octanol–water partition coefficient (Wildman–Crippen LogP) is 2.95. The highest BCUT2D eigenvalue weighted by atomic mass is 16.5. The van der Waals surface area contributed by atoms with Gasteiger partial charge in [-0.1, -0.05) is 41.6 Å². The van der Waals surface area contributed by atoms with Gasteiger partial charge in [-0.05, 0) is 24.3 Å². The molecule has 1 saturated heterocycles. The number of amides is 2. The standard InChI is InChI=1S/C19H19N5O2/c25-19(20-15-7-3-1-4-8-15)23-12-17(13-23)24-11-16(21-22-24)14-26-18-9-5-2-6-10-18/h1-11,17H,12-14H2,(H,20,25). The molecule has 1 aliphatic heterocycles. The summed E-state index contributed by atoms with van der Waals surface area (Å²) in [5.41, 5.74) is 1.56. The van der Waals surface area contributed by atoms with Crippen molar-refractivity contribution < 1.29 is 9.53 Å². The molecule has 1 aliphatic rings. The minimum atomic E-state index is -0.0970. The van der Waals surface area contributed by atoms with Crippen molar-refractivity contribution in [3.05, 3.63) is 72.6 Å². The molecule has 0 spiro atoms. The summed E-state index contributed by atoms with van der Waals surface area (Å²) < 4.78 is 7.47. The summed E-state index contributed by atoms with van der Waals surface area (Å²) in [4.78, 5) is 13.9. The van der Waals surface area contributed by atoms with Crippen LogP contribution in [0.15, 0.2) is 66.9 Å². The Kier molecular flexibility index (Phi) is 4.51. The predicted molar refractivity (Wildman–Crippen MR) is 96.9 cm³/mol. The second-order valence-electron chi connectivity index (χ2n) is 6.15. The molecule has 0 saturated carbocycles. The van der Waals surface area contributed by atoms with Crippen molar-refractivity contribution in [1.82, 2.24) is 19.9 Å². The zero-order chi connectivity index (χ0) is 17.8. The normalized spacial score (nSPS) is 13.9. The molecular formula is C19H19N5O2. The lowest BCUT2D eigenvalue weighted by atomic mass is 10.1. The summed E-state index contributed by atoms with van der Waals surface area (Å²) in [6.45, 7) is 1.59. The lowest BCUT2D eigenvalue weighted by Gasteiger charge is -2.38. The van der Waals surface area contributed by atoms with Crippen LogP contribution in [0.25, 0.3) is 0 Å². The summed E-state index contributed by atoms with van der Waals surface area (Å²) in [5.74, 6) is 0.800. The van der Waals surface area contributed by atoms with Gasteiger partial charge in [0.05, 0.1) is 12.2 Å². The molecule has 0 radical (unpaired) electrons. The molecule has 7 nitrogen and oxygen atoms in total. The summed E-state index contributed by atoms with van der Waals surface area (Å²) >= 11 is 0. The van der Waals surface area contributed by atoms with Crippen LogP contribution in [0.5, 0.6) is 5.75 Å². The Morgan fingerprint density at radius 3 is 2.50 bits per heavy atom. The van der Waals surface area contributed by atoms with E-state index in [9.17, 15) is 4.79 Å². The first kappa shape index (κ1) is 16.1. The molecule has 4 rings (SSSR count). The Balaban J connectivity index is 1.26. The third-order valence-corrected chi connectivity index (χ3v) is 4.24. The van der Waals surface area contributed by atoms with E-state index >= 15 is 0 Å². The number of likely N-dealkylation sites (tertiary alicyclic amines) is 1. The Hall–Kier alpha value is -3.35. The first-order valence-corrected chi connectivity index (χ1v) is 8.47. The van der Waals surface area contributed by atoms with Crippen molar-refractivity contribution >= 4 is 11.7 Å². The second kappa shape index (κ2) is 7.26. The monoisotopic (exact) mass is 349 g/mol. The largest absolute Gasteiger partial charge is 0.487 e. The number of hydrogen-bond acceptors (Lipinski definition) is 4. The molecule has 0 atom stereocenters. The maximum Gasteiger partial charge on any atom is 0.321 e. The number of nitrogens with one attached hydrogen (secondary N) is 1. The van der Waals surface area contributed by atoms with Crippen molar-refractivity contribution in [1.29, 1.82) is 0 Å². The molecule has 0 unspecified atom stereocenters. The number of rotatable bonds is 5. The first-order valence-electron chi connectivity index (χ1n) is 8.47. The molecule has 1 aromatic heterocycles. The van der Waals surface area contributed by atoms with E-state index in [0.29, 0.717) is 19.7 Å². The maximum atomic E-state index is 12.2. The van der Waals surface area contributed by atoms with E-state index in [4.69, 9.17) is 4.74 Å². The van der Waals surface area contributed by atoms with Crippen molar-refractivity contribution in [3.8, 4) is 5.75 Å². The quantitative estimate of drug-likeness (QED) is 0.769. The fourth-order valence-electron chi connectivity index (χ4n) is 2.74. The van der Waals surface area contributed by atoms with Gasteiger partial charge in [0.25, 0.3) is 0 Å². The van der Waals surface area contributed by atoms with Crippen molar-refractivity contribution in [3.63, 3.8) is 0 Å². The molecule has 2 aromatic carbocycles. The third kappa shape index (κ3) is 3.66. The molecule has 2 heterocycles. The number of hydrogen-bond donors (Lipinski definition) is 1. The van der Waals surface area contributed by atoms with Crippen LogP contribution in [0.1, 0.15) is 11.7 Å². The minimum absolute atomic E-state index is 0.0970. The first-order chi connectivity index (χ1) is 12.8. The van der Waals surface area contributed by atoms with E-state index in [-0.39, 0.29) is 12.1 Å². The minimum Gasteiger partial charge on any atom is -0.487 e. The van der Waals surface area contributed by atoms with Crippen LogP contribution < -0.4 is 10.1 Å². The van der Waals surface area contributed by atoms with E-state index in [1.807, 2.05) is 66.9 Å². The van der Waals surface area contributed by atoms with Gasteiger partial charge in [-0.3, -0.25) is 0 Å². The van der Waals surface area contributed by atoms with Gasteiger partial charge in [0.15, 0.2) is 0 Å². The number of para-hydroxylation sites is 2. The highest BCUT2D eigenvalue weighted by molar-refractivity contribution is 5.89. The summed E-state index contributed by atoms with van der Waals surface area (Å²) in [6.07, 6.45) is 1.88. The molecule has 2 amide bonds. The number of aromatic nitrogens is 3. The van der Waals surface area contributed by atoms with Gasteiger partial charge in [-0.2, -0.15) is 0 Å². The SMILES string of the molecule is O=C(Nc1ccccc1)N1CC(n2cc(COc3ccccc3)nn2)C1. The third-order valence-electron chi connectivity index (χ3n) is 4.24. The molecule has 1 N–H and O–H groups in total. The fourth-order valence-corrected chi connectivity index (χ4v) is 2.74. The van der Waals surface area contributed by atoms with Crippen LogP contribution in [-0.4, -0.2) is 39.0 Å². The molecule has 1 fully saturated rings. The molecule has 0 aliphatic carbocycles. The van der Waals surface area contributed by atoms with Crippen LogP contribution in [0.3, 0.4) is 0 Å². The van der Waals surface area contributed by atoms with Crippen molar-refractivity contribution in [2.75, 3.05) is 18.4 Å². The fraction of sp³-hybridized carbons (Fsp3) is 0.211. The van der Waals surface area contributed by atoms with Gasteiger partial charge in [-0.25, -0.2) is 9.48 Å². The average molecular weight is 349 g/mol. The van der Waals surface area contributed by atoms with E-state index < -0.39 is 0 Å². The van der Waals surface area contributed by atoms with Crippen LogP contribution in [0.2, 0.25) is 0 Å². The number of carbonyl (C=O) groups is 1. The lowest BCUT2D eigenvalue weighted by Crippen LogP contribution is -2.52. The Labute approximate surface area is 151 Å². The highest BCUT2D eigenvalue weighted by Crippen LogP contribution is 2.22. The van der Waals surface area contributed by atoms with Gasteiger partial charge in [0.1, 0.15) is 18.1 Å². The molecule has 132 valence electrons. The molecule has 7 heteroatoms. The van der Waals surface area contributed by atoms with Gasteiger partial charge in [0, 0.05) is 18.8 Å². The van der Waals surface area contributed by atoms with E-state index in [0.717, 1.165) is 17.1 Å². The van der Waals surface area contributed by atoms with E-state index in [2.05, 4.69) is 15.6 Å². The Morgan fingerprint density at radius 2 is 1.77 bits per heavy atom. The summed E-state index contributed by atoms with van der Waals surface area (Å²) in [5, 5.41) is 11.2. The Bertz CT molecular complexity index is 860. The number of anilines is 1. The zero-order valence-electron chi connectivity index (χ0n) is 14.2. The number of nitrogens with zero attached hydrogens (tertiary/aromatic N) is 4. The van der Waals surface area contributed by atoms with Crippen LogP contribution in [0.4, 0.5) is 10.5 Å². The van der Waals surface area contributed by atoms with Crippen LogP contribution in [0, 0.1) is 0 Å². The van der Waals surface area contributed by atoms with Gasteiger partial charge in [0.2, 0.25) is 0 Å². The van der Waals surface area contributed by atoms with Crippen LogP contribution >= 0.6 is 0 Å². The van der Waals surface area contributed by atoms with Crippen molar-refractivity contribution in [2.24, 2.45) is 0 Å². The van der Waals surface area contributed by atoms with E-state index in [1.165, 1.54) is 0 Å². The van der Waals surface area contributed by atoms with Gasteiger partial charge >= 0.3 is 6.03 Å². The molecular weight excluding hydrogens is 330 g/mol. The van der Waals surface area contributed by atoms with Gasteiger partial charge < -0.3 is 15.0 Å². The smallest absolute Gasteiger partial charge is 0.321 e. The number of ether oxygens (including phenoxy) is 1. The summed E-state index contributed by atoms with van der Waals surface area (Å²) in [7, 11) is 0. The Morgan fingerprint density at radius 1 is 1.08 bits per heavy atom. The topological polar surface area (TPSA) is 72.3 Å². The maximum absolute atomic E-state index is 12.2. The van der Waals surface area contributed by atoms with Gasteiger partial charge in [-0.15, -0.1) is 5.10 Å². The number of carbonyl (C=O) groups excluding carboxylic acids is 1.